The maximum absolute atomic E-state index is 12.2. The fraction of sp³-hybridized carbons (Fsp3) is 0. The fourth-order valence-electron chi connectivity index (χ4n) is 1.63. The van der Waals surface area contributed by atoms with Crippen LogP contribution < -0.4 is 0 Å². The summed E-state index contributed by atoms with van der Waals surface area (Å²) < 4.78 is 0. The lowest BCUT2D eigenvalue weighted by Crippen LogP contribution is -2.02. The maximum Gasteiger partial charge on any atom is 0.193 e. The molecule has 2 rings (SSSR count). The van der Waals surface area contributed by atoms with E-state index in [2.05, 4.69) is 13.2 Å². The lowest BCUT2D eigenvalue weighted by Gasteiger charge is -2.04. The first-order chi connectivity index (χ1) is 9.24. The first-order valence-electron chi connectivity index (χ1n) is 5.77. The molecule has 0 saturated carbocycles. The van der Waals surface area contributed by atoms with E-state index in [0.29, 0.717) is 11.1 Å². The third-order valence-corrected chi connectivity index (χ3v) is 2.46. The smallest absolute Gasteiger partial charge is 0.193 e. The molecule has 0 atom stereocenters. The van der Waals surface area contributed by atoms with E-state index in [4.69, 9.17) is 11.6 Å². The molecule has 0 radical (unpaired) electrons. The van der Waals surface area contributed by atoms with Crippen molar-refractivity contribution in [2.45, 2.75) is 0 Å². The van der Waals surface area contributed by atoms with Crippen molar-refractivity contribution >= 4 is 23.5 Å². The zero-order valence-electron chi connectivity index (χ0n) is 10.6. The third kappa shape index (κ3) is 4.23. The zero-order chi connectivity index (χ0) is 14.1. The average molecular weight is 271 g/mol. The van der Waals surface area contributed by atoms with E-state index in [1.54, 1.807) is 6.08 Å². The summed E-state index contributed by atoms with van der Waals surface area (Å²) in [6, 6.07) is 16.8. The average Bonchev–Trinajstić information content (AvgIpc) is 2.48. The van der Waals surface area contributed by atoms with Gasteiger partial charge in [0.2, 0.25) is 0 Å². The number of hydrogen-bond acceptors (Lipinski definition) is 1. The zero-order valence-corrected chi connectivity index (χ0v) is 11.3. The van der Waals surface area contributed by atoms with Crippen molar-refractivity contribution in [1.82, 2.24) is 0 Å². The molecule has 0 aliphatic heterocycles. The van der Waals surface area contributed by atoms with Crippen LogP contribution in [0.2, 0.25) is 0 Å². The van der Waals surface area contributed by atoms with E-state index in [1.807, 2.05) is 54.6 Å². The number of carbonyl (C=O) groups is 1. The lowest BCUT2D eigenvalue weighted by atomic mass is 9.98. The standard InChI is InChI=1S/C15H12O.C2H3Cl/c1-2-12-8-6-7-11-14(12)15(16)13-9-4-3-5-10-13;1-2-3/h2-11H,1H2;2H,1H2. The first-order valence-corrected chi connectivity index (χ1v) is 6.20. The van der Waals surface area contributed by atoms with Crippen molar-refractivity contribution < 1.29 is 4.79 Å². The van der Waals surface area contributed by atoms with Crippen LogP contribution in [0, 0.1) is 0 Å². The molecule has 2 heteroatoms. The molecule has 0 heterocycles. The van der Waals surface area contributed by atoms with Crippen LogP contribution >= 0.6 is 11.6 Å². The Balaban J connectivity index is 0.000000550. The van der Waals surface area contributed by atoms with Gasteiger partial charge in [0.05, 0.1) is 0 Å². The van der Waals surface area contributed by atoms with E-state index in [9.17, 15) is 4.79 Å². The van der Waals surface area contributed by atoms with Gasteiger partial charge in [-0.2, -0.15) is 0 Å². The number of ketones is 1. The van der Waals surface area contributed by atoms with Crippen LogP contribution in [-0.2, 0) is 0 Å². The van der Waals surface area contributed by atoms with Gasteiger partial charge in [-0.25, -0.2) is 0 Å². The Hall–Kier alpha value is -2.12. The Morgan fingerprint density at radius 2 is 1.47 bits per heavy atom. The van der Waals surface area contributed by atoms with Gasteiger partial charge in [0, 0.05) is 11.1 Å². The minimum atomic E-state index is 0.0381. The molecule has 0 saturated heterocycles. The highest BCUT2D eigenvalue weighted by atomic mass is 35.5. The first kappa shape index (κ1) is 14.9. The molecular weight excluding hydrogens is 256 g/mol. The highest BCUT2D eigenvalue weighted by Crippen LogP contribution is 2.15. The fourth-order valence-corrected chi connectivity index (χ4v) is 1.63. The number of rotatable bonds is 3. The molecular formula is C17H15ClO. The summed E-state index contributed by atoms with van der Waals surface area (Å²) in [5.74, 6) is 0.0381. The summed E-state index contributed by atoms with van der Waals surface area (Å²) in [5, 5.41) is 0. The molecule has 0 aliphatic rings. The molecule has 1 nitrogen and oxygen atoms in total. The highest BCUT2D eigenvalue weighted by Gasteiger charge is 2.10. The molecule has 0 aromatic heterocycles. The van der Waals surface area contributed by atoms with Crippen molar-refractivity contribution in [3.63, 3.8) is 0 Å². The Morgan fingerprint density at radius 1 is 0.947 bits per heavy atom. The minimum Gasteiger partial charge on any atom is -0.289 e. The minimum absolute atomic E-state index is 0.0381. The van der Waals surface area contributed by atoms with Crippen molar-refractivity contribution in [3.8, 4) is 0 Å². The molecule has 0 N–H and O–H groups in total. The summed E-state index contributed by atoms with van der Waals surface area (Å²) in [6.07, 6.45) is 1.70. The van der Waals surface area contributed by atoms with E-state index in [1.165, 1.54) is 5.54 Å². The second kappa shape index (κ2) is 8.06. The van der Waals surface area contributed by atoms with E-state index in [0.717, 1.165) is 5.56 Å². The van der Waals surface area contributed by atoms with Crippen molar-refractivity contribution in [3.05, 3.63) is 90.0 Å². The van der Waals surface area contributed by atoms with Gasteiger partial charge in [0.1, 0.15) is 0 Å². The molecule has 2 aromatic rings. The number of halogens is 1. The summed E-state index contributed by atoms with van der Waals surface area (Å²) in [7, 11) is 0. The normalized spacial score (nSPS) is 8.89. The second-order valence-corrected chi connectivity index (χ2v) is 3.95. The molecule has 0 amide bonds. The summed E-state index contributed by atoms with van der Waals surface area (Å²) in [4.78, 5) is 12.2. The molecule has 0 unspecified atom stereocenters. The van der Waals surface area contributed by atoms with Gasteiger partial charge in [-0.05, 0) is 11.1 Å². The molecule has 0 bridgehead atoms. The van der Waals surface area contributed by atoms with Gasteiger partial charge in [0.25, 0.3) is 0 Å². The Bertz CT molecular complexity index is 558. The van der Waals surface area contributed by atoms with Crippen LogP contribution in [0.4, 0.5) is 0 Å². The van der Waals surface area contributed by atoms with Gasteiger partial charge in [-0.3, -0.25) is 4.79 Å². The Morgan fingerprint density at radius 3 is 2.05 bits per heavy atom. The number of carbonyl (C=O) groups excluding carboxylic acids is 1. The van der Waals surface area contributed by atoms with Gasteiger partial charge in [0.15, 0.2) is 5.78 Å². The highest BCUT2D eigenvalue weighted by molar-refractivity contribution is 6.25. The Kier molecular flexibility index (Phi) is 6.34. The Labute approximate surface area is 118 Å². The van der Waals surface area contributed by atoms with Gasteiger partial charge >= 0.3 is 0 Å². The monoisotopic (exact) mass is 270 g/mol. The van der Waals surface area contributed by atoms with Crippen LogP contribution in [0.5, 0.6) is 0 Å². The van der Waals surface area contributed by atoms with Gasteiger partial charge in [-0.15, -0.1) is 0 Å². The maximum atomic E-state index is 12.2. The molecule has 19 heavy (non-hydrogen) atoms. The predicted molar refractivity (Wildman–Crippen MR) is 82.5 cm³/mol. The van der Waals surface area contributed by atoms with E-state index < -0.39 is 0 Å². The quantitative estimate of drug-likeness (QED) is 0.723. The van der Waals surface area contributed by atoms with Crippen LogP contribution in [0.1, 0.15) is 21.5 Å². The molecule has 96 valence electrons. The van der Waals surface area contributed by atoms with Crippen LogP contribution in [0.3, 0.4) is 0 Å². The third-order valence-electron chi connectivity index (χ3n) is 2.46. The van der Waals surface area contributed by atoms with E-state index >= 15 is 0 Å². The van der Waals surface area contributed by atoms with Crippen molar-refractivity contribution in [2.75, 3.05) is 0 Å². The largest absolute Gasteiger partial charge is 0.289 e. The van der Waals surface area contributed by atoms with Gasteiger partial charge in [-0.1, -0.05) is 85.4 Å². The second-order valence-electron chi connectivity index (χ2n) is 3.64. The molecule has 0 aliphatic carbocycles. The molecule has 0 fully saturated rings. The molecule has 0 spiro atoms. The topological polar surface area (TPSA) is 17.1 Å². The van der Waals surface area contributed by atoms with Crippen LogP contribution in [0.15, 0.2) is 73.3 Å². The SMILES string of the molecule is C=CCl.C=Cc1ccccc1C(=O)c1ccccc1. The predicted octanol–water partition coefficient (Wildman–Crippen LogP) is 4.93. The summed E-state index contributed by atoms with van der Waals surface area (Å²) >= 11 is 4.76. The number of benzene rings is 2. The summed E-state index contributed by atoms with van der Waals surface area (Å²) in [6.45, 7) is 6.84. The van der Waals surface area contributed by atoms with E-state index in [-0.39, 0.29) is 5.78 Å². The van der Waals surface area contributed by atoms with Gasteiger partial charge < -0.3 is 0 Å². The molecule has 2 aromatic carbocycles. The number of hydrogen-bond donors (Lipinski definition) is 0. The van der Waals surface area contributed by atoms with Crippen molar-refractivity contribution in [1.29, 1.82) is 0 Å². The lowest BCUT2D eigenvalue weighted by molar-refractivity contribution is 0.103. The van der Waals surface area contributed by atoms with Crippen LogP contribution in [0.25, 0.3) is 6.08 Å². The van der Waals surface area contributed by atoms with Crippen molar-refractivity contribution in [2.24, 2.45) is 0 Å². The van der Waals surface area contributed by atoms with Crippen LogP contribution in [-0.4, -0.2) is 5.78 Å². The summed E-state index contributed by atoms with van der Waals surface area (Å²) in [5.41, 5.74) is 3.50.